The predicted molar refractivity (Wildman–Crippen MR) is 70.9 cm³/mol. The Balaban J connectivity index is 2.61. The van der Waals surface area contributed by atoms with E-state index in [9.17, 15) is 0 Å². The number of hydrogen-bond donors (Lipinski definition) is 1. The second-order valence-corrected chi connectivity index (χ2v) is 4.60. The smallest absolute Gasteiger partial charge is 0.160 e. The second kappa shape index (κ2) is 6.27. The molecule has 0 aliphatic rings. The summed E-state index contributed by atoms with van der Waals surface area (Å²) in [6, 6.07) is 8.07. The van der Waals surface area contributed by atoms with E-state index in [1.54, 1.807) is 14.2 Å². The van der Waals surface area contributed by atoms with Crippen molar-refractivity contribution in [3.05, 3.63) is 23.8 Å². The van der Waals surface area contributed by atoms with Crippen molar-refractivity contribution in [3.8, 4) is 17.6 Å². The molecule has 0 aliphatic carbocycles. The second-order valence-electron chi connectivity index (χ2n) is 4.60. The summed E-state index contributed by atoms with van der Waals surface area (Å²) in [4.78, 5) is 0. The summed E-state index contributed by atoms with van der Waals surface area (Å²) < 4.78 is 10.4. The molecule has 0 unspecified atom stereocenters. The molecule has 0 atom stereocenters. The number of nitrogens with one attached hydrogen (secondary N) is 1. The maximum Gasteiger partial charge on any atom is 0.160 e. The van der Waals surface area contributed by atoms with Gasteiger partial charge in [-0.1, -0.05) is 6.07 Å². The molecule has 0 aliphatic heterocycles. The van der Waals surface area contributed by atoms with Crippen LogP contribution in [-0.2, 0) is 6.42 Å². The summed E-state index contributed by atoms with van der Waals surface area (Å²) in [5.74, 6) is 1.46. The summed E-state index contributed by atoms with van der Waals surface area (Å²) >= 11 is 0. The molecule has 98 valence electrons. The minimum atomic E-state index is -0.490. The van der Waals surface area contributed by atoms with Crippen molar-refractivity contribution in [2.75, 3.05) is 20.8 Å². The van der Waals surface area contributed by atoms with Gasteiger partial charge in [0.15, 0.2) is 11.5 Å². The summed E-state index contributed by atoms with van der Waals surface area (Å²) in [7, 11) is 3.24. The van der Waals surface area contributed by atoms with Crippen LogP contribution in [0.15, 0.2) is 18.2 Å². The van der Waals surface area contributed by atoms with Crippen molar-refractivity contribution in [1.82, 2.24) is 5.32 Å². The number of ether oxygens (including phenoxy) is 2. The number of rotatable bonds is 6. The Kier molecular flexibility index (Phi) is 4.99. The van der Waals surface area contributed by atoms with E-state index in [2.05, 4.69) is 11.4 Å². The maximum atomic E-state index is 8.89. The zero-order chi connectivity index (χ0) is 13.6. The molecule has 1 aromatic carbocycles. The van der Waals surface area contributed by atoms with Gasteiger partial charge in [-0.3, -0.25) is 5.32 Å². The first-order chi connectivity index (χ1) is 8.52. The molecule has 0 amide bonds. The highest BCUT2D eigenvalue weighted by molar-refractivity contribution is 5.42. The molecule has 0 aromatic heterocycles. The van der Waals surface area contributed by atoms with Gasteiger partial charge in [-0.2, -0.15) is 5.26 Å². The molecular formula is C14H20N2O2. The van der Waals surface area contributed by atoms with Gasteiger partial charge < -0.3 is 9.47 Å². The van der Waals surface area contributed by atoms with Crippen molar-refractivity contribution in [3.63, 3.8) is 0 Å². The quantitative estimate of drug-likeness (QED) is 0.838. The van der Waals surface area contributed by atoms with E-state index in [1.165, 1.54) is 0 Å². The molecule has 0 heterocycles. The van der Waals surface area contributed by atoms with Crippen molar-refractivity contribution in [2.24, 2.45) is 0 Å². The van der Waals surface area contributed by atoms with E-state index >= 15 is 0 Å². The fraction of sp³-hybridized carbons (Fsp3) is 0.500. The first-order valence-electron chi connectivity index (χ1n) is 5.89. The Morgan fingerprint density at radius 3 is 2.44 bits per heavy atom. The number of nitriles is 1. The van der Waals surface area contributed by atoms with E-state index in [-0.39, 0.29) is 0 Å². The van der Waals surface area contributed by atoms with E-state index in [1.807, 2.05) is 32.0 Å². The van der Waals surface area contributed by atoms with Crippen LogP contribution >= 0.6 is 0 Å². The molecule has 4 heteroatoms. The fourth-order valence-corrected chi connectivity index (χ4v) is 1.60. The monoisotopic (exact) mass is 248 g/mol. The fourth-order valence-electron chi connectivity index (χ4n) is 1.60. The molecule has 0 fully saturated rings. The molecule has 0 spiro atoms. The van der Waals surface area contributed by atoms with Crippen LogP contribution in [0.5, 0.6) is 11.5 Å². The highest BCUT2D eigenvalue weighted by Gasteiger charge is 2.14. The molecule has 0 saturated heterocycles. The topological polar surface area (TPSA) is 54.3 Å². The Bertz CT molecular complexity index is 436. The molecule has 1 N–H and O–H groups in total. The zero-order valence-electron chi connectivity index (χ0n) is 11.4. The first-order valence-corrected chi connectivity index (χ1v) is 5.89. The minimum Gasteiger partial charge on any atom is -0.493 e. The standard InChI is InChI=1S/C14H20N2O2/c1-14(2,10-15)16-8-7-11-5-6-12(17-3)13(9-11)18-4/h5-6,9,16H,7-8H2,1-4H3. The average Bonchev–Trinajstić information content (AvgIpc) is 2.38. The van der Waals surface area contributed by atoms with E-state index in [4.69, 9.17) is 14.7 Å². The van der Waals surface area contributed by atoms with Gasteiger partial charge in [-0.25, -0.2) is 0 Å². The van der Waals surface area contributed by atoms with Crippen molar-refractivity contribution >= 4 is 0 Å². The molecule has 0 radical (unpaired) electrons. The lowest BCUT2D eigenvalue weighted by molar-refractivity contribution is 0.354. The average molecular weight is 248 g/mol. The van der Waals surface area contributed by atoms with Crippen LogP contribution in [0.2, 0.25) is 0 Å². The van der Waals surface area contributed by atoms with Crippen LogP contribution < -0.4 is 14.8 Å². The highest BCUT2D eigenvalue weighted by atomic mass is 16.5. The lowest BCUT2D eigenvalue weighted by atomic mass is 10.1. The van der Waals surface area contributed by atoms with Gasteiger partial charge >= 0.3 is 0 Å². The Labute approximate surface area is 109 Å². The van der Waals surface area contributed by atoms with Crippen LogP contribution in [-0.4, -0.2) is 26.3 Å². The number of methoxy groups -OCH3 is 2. The van der Waals surface area contributed by atoms with Gasteiger partial charge in [0.2, 0.25) is 0 Å². The summed E-state index contributed by atoms with van der Waals surface area (Å²) in [6.45, 7) is 4.47. The summed E-state index contributed by atoms with van der Waals surface area (Å²) in [6.07, 6.45) is 0.839. The van der Waals surface area contributed by atoms with E-state index < -0.39 is 5.54 Å². The van der Waals surface area contributed by atoms with Gasteiger partial charge in [0.25, 0.3) is 0 Å². The third kappa shape index (κ3) is 3.94. The lowest BCUT2D eigenvalue weighted by Gasteiger charge is -2.17. The van der Waals surface area contributed by atoms with Crippen LogP contribution in [0.4, 0.5) is 0 Å². The van der Waals surface area contributed by atoms with Gasteiger partial charge in [-0.15, -0.1) is 0 Å². The first kappa shape index (κ1) is 14.3. The highest BCUT2D eigenvalue weighted by Crippen LogP contribution is 2.27. The van der Waals surface area contributed by atoms with Crippen molar-refractivity contribution in [1.29, 1.82) is 5.26 Å². The Morgan fingerprint density at radius 2 is 1.89 bits per heavy atom. The van der Waals surface area contributed by atoms with Crippen molar-refractivity contribution in [2.45, 2.75) is 25.8 Å². The zero-order valence-corrected chi connectivity index (χ0v) is 11.4. The third-order valence-corrected chi connectivity index (χ3v) is 2.71. The third-order valence-electron chi connectivity index (χ3n) is 2.71. The maximum absolute atomic E-state index is 8.89. The Hall–Kier alpha value is -1.73. The Morgan fingerprint density at radius 1 is 1.22 bits per heavy atom. The van der Waals surface area contributed by atoms with Gasteiger partial charge in [0.1, 0.15) is 5.54 Å². The number of benzene rings is 1. The normalized spacial score (nSPS) is 10.8. The molecule has 18 heavy (non-hydrogen) atoms. The van der Waals surface area contributed by atoms with Gasteiger partial charge in [0, 0.05) is 6.54 Å². The molecule has 4 nitrogen and oxygen atoms in total. The molecular weight excluding hydrogens is 228 g/mol. The molecule has 0 bridgehead atoms. The van der Waals surface area contributed by atoms with E-state index in [0.29, 0.717) is 0 Å². The van der Waals surface area contributed by atoms with E-state index in [0.717, 1.165) is 30.0 Å². The summed E-state index contributed by atoms with van der Waals surface area (Å²) in [5, 5.41) is 12.1. The SMILES string of the molecule is COc1ccc(CCNC(C)(C)C#N)cc1OC. The molecule has 1 rings (SSSR count). The van der Waals surface area contributed by atoms with Gasteiger partial charge in [0.05, 0.1) is 20.3 Å². The van der Waals surface area contributed by atoms with Crippen LogP contribution in [0.25, 0.3) is 0 Å². The van der Waals surface area contributed by atoms with Crippen LogP contribution in [0.3, 0.4) is 0 Å². The van der Waals surface area contributed by atoms with Gasteiger partial charge in [-0.05, 0) is 38.0 Å². The number of nitrogens with zero attached hydrogens (tertiary/aromatic N) is 1. The minimum absolute atomic E-state index is 0.490. The van der Waals surface area contributed by atoms with Crippen molar-refractivity contribution < 1.29 is 9.47 Å². The van der Waals surface area contributed by atoms with Crippen LogP contribution in [0, 0.1) is 11.3 Å². The van der Waals surface area contributed by atoms with Crippen LogP contribution in [0.1, 0.15) is 19.4 Å². The lowest BCUT2D eigenvalue weighted by Crippen LogP contribution is -2.38. The molecule has 1 aromatic rings. The largest absolute Gasteiger partial charge is 0.493 e. The predicted octanol–water partition coefficient (Wildman–Crippen LogP) is 2.14. The molecule has 0 saturated carbocycles. The summed E-state index contributed by atoms with van der Waals surface area (Å²) in [5.41, 5.74) is 0.658. The number of hydrogen-bond acceptors (Lipinski definition) is 4.